The van der Waals surface area contributed by atoms with Gasteiger partial charge in [0.05, 0.1) is 18.8 Å². The van der Waals surface area contributed by atoms with Crippen LogP contribution >= 0.6 is 0 Å². The van der Waals surface area contributed by atoms with Gasteiger partial charge in [-0.2, -0.15) is 5.10 Å². The molecule has 1 saturated heterocycles. The van der Waals surface area contributed by atoms with Crippen LogP contribution in [0.5, 0.6) is 0 Å². The summed E-state index contributed by atoms with van der Waals surface area (Å²) in [6.07, 6.45) is 1.43. The molecule has 162 valence electrons. The third-order valence-electron chi connectivity index (χ3n) is 5.13. The molecule has 2 aromatic rings. The Morgan fingerprint density at radius 1 is 1.35 bits per heavy atom. The molecular formula is C20H21FN6O4. The normalized spacial score (nSPS) is 20.3. The summed E-state index contributed by atoms with van der Waals surface area (Å²) in [5, 5.41) is 6.79. The zero-order valence-corrected chi connectivity index (χ0v) is 17.3. The number of fused-ring (bicyclic) bond motifs is 1. The maximum absolute atomic E-state index is 13.8. The molecule has 1 unspecified atom stereocenters. The van der Waals surface area contributed by atoms with E-state index in [1.54, 1.807) is 20.8 Å². The summed E-state index contributed by atoms with van der Waals surface area (Å²) in [5.74, 6) is -2.12. The van der Waals surface area contributed by atoms with Crippen molar-refractivity contribution in [3.05, 3.63) is 41.7 Å². The quantitative estimate of drug-likeness (QED) is 0.553. The highest BCUT2D eigenvalue weighted by atomic mass is 19.1. The first-order valence-electron chi connectivity index (χ1n) is 9.70. The van der Waals surface area contributed by atoms with Gasteiger partial charge >= 0.3 is 0 Å². The van der Waals surface area contributed by atoms with Crippen LogP contribution in [0.15, 0.2) is 29.5 Å². The van der Waals surface area contributed by atoms with Gasteiger partial charge in [-0.05, 0) is 38.5 Å². The number of morpholine rings is 1. The Bertz CT molecular complexity index is 1110. The number of halogens is 1. The molecule has 0 saturated carbocycles. The highest BCUT2D eigenvalue weighted by molar-refractivity contribution is 6.46. The van der Waals surface area contributed by atoms with Crippen molar-refractivity contribution in [1.82, 2.24) is 25.0 Å². The van der Waals surface area contributed by atoms with E-state index in [-0.39, 0.29) is 25.5 Å². The number of aromatic nitrogens is 3. The fourth-order valence-corrected chi connectivity index (χ4v) is 3.56. The molecule has 31 heavy (non-hydrogen) atoms. The maximum atomic E-state index is 13.8. The van der Waals surface area contributed by atoms with Crippen molar-refractivity contribution in [2.24, 2.45) is 4.99 Å². The second kappa shape index (κ2) is 7.65. The van der Waals surface area contributed by atoms with Gasteiger partial charge in [-0.15, -0.1) is 0 Å². The lowest BCUT2D eigenvalue weighted by Crippen LogP contribution is -2.62. The fraction of sp³-hybridized carbons (Fsp3) is 0.400. The maximum Gasteiger partial charge on any atom is 0.298 e. The van der Waals surface area contributed by atoms with Crippen molar-refractivity contribution in [3.63, 3.8) is 0 Å². The lowest BCUT2D eigenvalue weighted by atomic mass is 9.99. The van der Waals surface area contributed by atoms with E-state index in [0.29, 0.717) is 17.1 Å². The van der Waals surface area contributed by atoms with Gasteiger partial charge in [0, 0.05) is 6.54 Å². The predicted molar refractivity (Wildman–Crippen MR) is 106 cm³/mol. The number of rotatable bonds is 4. The highest BCUT2D eigenvalue weighted by Crippen LogP contribution is 2.24. The first-order valence-corrected chi connectivity index (χ1v) is 9.70. The molecule has 10 nitrogen and oxygen atoms in total. The number of carbonyl (C=O) groups excluding carboxylic acids is 3. The number of amidine groups is 1. The van der Waals surface area contributed by atoms with Gasteiger partial charge < -0.3 is 10.1 Å². The Morgan fingerprint density at radius 2 is 2.13 bits per heavy atom. The molecule has 1 aromatic carbocycles. The van der Waals surface area contributed by atoms with E-state index >= 15 is 0 Å². The Hall–Kier alpha value is -3.47. The SMILES string of the molecule is Cc1ncn(-c2cc(F)ccc2CNC(=O)C2N=C3N(CCOC3(C)C)C(=O)C2=O)n1. The zero-order chi connectivity index (χ0) is 22.3. The highest BCUT2D eigenvalue weighted by Gasteiger charge is 2.47. The van der Waals surface area contributed by atoms with Crippen molar-refractivity contribution in [2.75, 3.05) is 13.2 Å². The minimum Gasteiger partial charge on any atom is -0.366 e. The van der Waals surface area contributed by atoms with Crippen LogP contribution in [-0.2, 0) is 25.7 Å². The van der Waals surface area contributed by atoms with E-state index < -0.39 is 35.1 Å². The Balaban J connectivity index is 1.57. The fourth-order valence-electron chi connectivity index (χ4n) is 3.56. The molecule has 1 aromatic heterocycles. The van der Waals surface area contributed by atoms with Crippen LogP contribution in [0.25, 0.3) is 5.69 Å². The molecule has 0 aliphatic carbocycles. The lowest BCUT2D eigenvalue weighted by Gasteiger charge is -2.41. The molecule has 1 fully saturated rings. The summed E-state index contributed by atoms with van der Waals surface area (Å²) in [6.45, 7) is 5.60. The van der Waals surface area contributed by atoms with E-state index in [2.05, 4.69) is 20.4 Å². The van der Waals surface area contributed by atoms with Crippen molar-refractivity contribution in [1.29, 1.82) is 0 Å². The first kappa shape index (κ1) is 20.8. The number of aryl methyl sites for hydroxylation is 1. The van der Waals surface area contributed by atoms with Crippen LogP contribution < -0.4 is 5.32 Å². The molecule has 0 bridgehead atoms. The summed E-state index contributed by atoms with van der Waals surface area (Å²) < 4.78 is 20.8. The summed E-state index contributed by atoms with van der Waals surface area (Å²) >= 11 is 0. The molecule has 0 spiro atoms. The van der Waals surface area contributed by atoms with E-state index in [1.807, 2.05) is 0 Å². The van der Waals surface area contributed by atoms with Crippen LogP contribution in [-0.4, -0.2) is 67.9 Å². The summed E-state index contributed by atoms with van der Waals surface area (Å²) in [4.78, 5) is 47.3. The van der Waals surface area contributed by atoms with Gasteiger partial charge in [0.2, 0.25) is 0 Å². The number of ether oxygens (including phenoxy) is 1. The van der Waals surface area contributed by atoms with E-state index in [0.717, 1.165) is 0 Å². The number of nitrogens with one attached hydrogen (secondary N) is 1. The molecular weight excluding hydrogens is 407 g/mol. The Morgan fingerprint density at radius 3 is 2.84 bits per heavy atom. The number of aliphatic imine (C=N–C) groups is 1. The number of nitrogens with zero attached hydrogens (tertiary/aromatic N) is 5. The van der Waals surface area contributed by atoms with Crippen molar-refractivity contribution >= 4 is 23.4 Å². The minimum absolute atomic E-state index is 0.0280. The molecule has 2 amide bonds. The number of Topliss-reactive ketones (excluding diaryl/α,β-unsaturated/α-hetero) is 1. The third-order valence-corrected chi connectivity index (χ3v) is 5.13. The summed E-state index contributed by atoms with van der Waals surface area (Å²) in [6, 6.07) is 2.52. The first-order chi connectivity index (χ1) is 14.7. The molecule has 1 atom stereocenters. The monoisotopic (exact) mass is 428 g/mol. The number of amides is 2. The predicted octanol–water partition coefficient (Wildman–Crippen LogP) is 0.318. The van der Waals surface area contributed by atoms with Crippen LogP contribution in [0.3, 0.4) is 0 Å². The standard InChI is InChI=1S/C20H21FN6O4/c1-11-23-10-27(25-11)14-8-13(21)5-4-12(14)9-22-17(29)15-16(28)18(30)26-6-7-31-20(2,3)19(26)24-15/h4-5,8,10,15H,6-7,9H2,1-3H3,(H,22,29). The molecule has 2 aliphatic rings. The van der Waals surface area contributed by atoms with Crippen LogP contribution in [0.2, 0.25) is 0 Å². The number of carbonyl (C=O) groups is 3. The van der Waals surface area contributed by atoms with Crippen LogP contribution in [0.1, 0.15) is 25.2 Å². The van der Waals surface area contributed by atoms with Gasteiger partial charge in [-0.3, -0.25) is 19.3 Å². The Labute approximate surface area is 177 Å². The number of hydrogen-bond acceptors (Lipinski definition) is 7. The zero-order valence-electron chi connectivity index (χ0n) is 17.3. The second-order valence-electron chi connectivity index (χ2n) is 7.76. The van der Waals surface area contributed by atoms with Gasteiger partial charge in [0.1, 0.15) is 29.4 Å². The molecule has 3 heterocycles. The summed E-state index contributed by atoms with van der Waals surface area (Å²) in [7, 11) is 0. The molecule has 1 N–H and O–H groups in total. The van der Waals surface area contributed by atoms with Crippen molar-refractivity contribution < 1.29 is 23.5 Å². The van der Waals surface area contributed by atoms with Gasteiger partial charge in [0.15, 0.2) is 6.04 Å². The van der Waals surface area contributed by atoms with Crippen LogP contribution in [0, 0.1) is 12.7 Å². The molecule has 2 aliphatic heterocycles. The number of benzene rings is 1. The molecule has 4 rings (SSSR count). The Kier molecular flexibility index (Phi) is 5.13. The van der Waals surface area contributed by atoms with E-state index in [1.165, 1.54) is 34.1 Å². The molecule has 11 heteroatoms. The lowest BCUT2D eigenvalue weighted by molar-refractivity contribution is -0.148. The number of hydrogen-bond donors (Lipinski definition) is 1. The van der Waals surface area contributed by atoms with E-state index in [9.17, 15) is 18.8 Å². The minimum atomic E-state index is -1.50. The number of ketones is 1. The second-order valence-corrected chi connectivity index (χ2v) is 7.76. The molecule has 0 radical (unpaired) electrons. The van der Waals surface area contributed by atoms with Gasteiger partial charge in [-0.25, -0.2) is 19.0 Å². The van der Waals surface area contributed by atoms with Crippen molar-refractivity contribution in [3.8, 4) is 5.69 Å². The van der Waals surface area contributed by atoms with E-state index in [4.69, 9.17) is 4.74 Å². The van der Waals surface area contributed by atoms with Gasteiger partial charge in [-0.1, -0.05) is 6.07 Å². The largest absolute Gasteiger partial charge is 0.366 e. The average Bonchev–Trinajstić information content (AvgIpc) is 3.15. The van der Waals surface area contributed by atoms with Crippen molar-refractivity contribution in [2.45, 2.75) is 39.0 Å². The topological polar surface area (TPSA) is 119 Å². The third kappa shape index (κ3) is 3.83. The van der Waals surface area contributed by atoms with Gasteiger partial charge in [0.25, 0.3) is 17.6 Å². The summed E-state index contributed by atoms with van der Waals surface area (Å²) in [5.41, 5.74) is 0.0403. The smallest absolute Gasteiger partial charge is 0.298 e. The van der Waals surface area contributed by atoms with Crippen LogP contribution in [0.4, 0.5) is 4.39 Å². The average molecular weight is 428 g/mol.